The van der Waals surface area contributed by atoms with Crippen molar-refractivity contribution in [3.05, 3.63) is 47.1 Å². The summed E-state index contributed by atoms with van der Waals surface area (Å²) in [6.07, 6.45) is 4.21. The van der Waals surface area contributed by atoms with Crippen LogP contribution in [-0.2, 0) is 15.7 Å². The second-order valence-electron chi connectivity index (χ2n) is 11.1. The first-order valence-electron chi connectivity index (χ1n) is 13.2. The number of halogens is 1. The summed E-state index contributed by atoms with van der Waals surface area (Å²) in [5.41, 5.74) is 0.682. The molecule has 3 aromatic heterocycles. The van der Waals surface area contributed by atoms with Gasteiger partial charge in [-0.3, -0.25) is 0 Å². The highest BCUT2D eigenvalue weighted by Gasteiger charge is 2.38. The molecule has 0 radical (unpaired) electrons. The van der Waals surface area contributed by atoms with E-state index in [0.29, 0.717) is 39.9 Å². The van der Waals surface area contributed by atoms with Crippen molar-refractivity contribution < 1.29 is 18.3 Å². The van der Waals surface area contributed by atoms with Crippen LogP contribution in [-0.4, -0.2) is 60.5 Å². The monoisotopic (exact) mass is 572 g/mol. The van der Waals surface area contributed by atoms with Gasteiger partial charge in [0, 0.05) is 38.0 Å². The average molecular weight is 573 g/mol. The van der Waals surface area contributed by atoms with Crippen LogP contribution >= 0.6 is 11.3 Å². The highest BCUT2D eigenvalue weighted by atomic mass is 32.1. The SMILES string of the molecule is CCOC(=O)c1sc(-c2ccc(N3CC[C@H](CO[Si](C)(C)C(C)(C)C)C3)nc2F)nc1CNc1ncccn1. The lowest BCUT2D eigenvalue weighted by atomic mass is 10.1. The number of hydrogen-bond acceptors (Lipinski definition) is 10. The standard InChI is InChI=1S/C27H37FN6O3SSi/c1-7-36-25(35)22-20(15-31-26-29-12-8-13-30-26)32-24(38-22)19-9-10-21(33-23(19)28)34-14-11-18(16-34)17-37-39(5,6)27(2,3)4/h8-10,12-13,18H,7,11,14-17H2,1-6H3,(H,29,30,31)/t18-/m0/s1. The molecule has 1 aliphatic heterocycles. The minimum Gasteiger partial charge on any atom is -0.462 e. The van der Waals surface area contributed by atoms with Gasteiger partial charge in [0.05, 0.1) is 24.4 Å². The van der Waals surface area contributed by atoms with Gasteiger partial charge in [-0.25, -0.2) is 24.7 Å². The molecule has 0 unspecified atom stereocenters. The molecule has 39 heavy (non-hydrogen) atoms. The second-order valence-corrected chi connectivity index (χ2v) is 16.9. The van der Waals surface area contributed by atoms with Crippen molar-refractivity contribution in [2.75, 3.05) is 36.5 Å². The zero-order valence-electron chi connectivity index (χ0n) is 23.5. The average Bonchev–Trinajstić information content (AvgIpc) is 3.54. The van der Waals surface area contributed by atoms with Gasteiger partial charge in [0.15, 0.2) is 8.32 Å². The Balaban J connectivity index is 1.47. The molecule has 4 rings (SSSR count). The molecule has 0 saturated carbocycles. The Morgan fingerprint density at radius 2 is 1.97 bits per heavy atom. The smallest absolute Gasteiger partial charge is 0.350 e. The van der Waals surface area contributed by atoms with E-state index in [1.165, 1.54) is 0 Å². The molecular formula is C27H37FN6O3SSi. The Morgan fingerprint density at radius 3 is 2.64 bits per heavy atom. The Morgan fingerprint density at radius 1 is 1.23 bits per heavy atom. The first-order valence-corrected chi connectivity index (χ1v) is 16.9. The number of hydrogen-bond donors (Lipinski definition) is 1. The third kappa shape index (κ3) is 6.98. The van der Waals surface area contributed by atoms with Crippen molar-refractivity contribution in [2.45, 2.75) is 58.8 Å². The van der Waals surface area contributed by atoms with Crippen LogP contribution in [0.1, 0.15) is 49.5 Å². The fourth-order valence-corrected chi connectivity index (χ4v) is 6.05. The molecule has 0 aromatic carbocycles. The fraction of sp³-hybridized carbons (Fsp3) is 0.519. The summed E-state index contributed by atoms with van der Waals surface area (Å²) in [4.78, 5) is 32.1. The zero-order valence-corrected chi connectivity index (χ0v) is 25.3. The van der Waals surface area contributed by atoms with Crippen LogP contribution in [0.3, 0.4) is 0 Å². The van der Waals surface area contributed by atoms with Gasteiger partial charge >= 0.3 is 5.97 Å². The Hall–Kier alpha value is -2.96. The van der Waals surface area contributed by atoms with E-state index in [4.69, 9.17) is 9.16 Å². The fourth-order valence-electron chi connectivity index (χ4n) is 3.98. The molecule has 210 valence electrons. The first-order chi connectivity index (χ1) is 18.5. The van der Waals surface area contributed by atoms with Crippen LogP contribution in [0.4, 0.5) is 16.2 Å². The highest BCUT2D eigenvalue weighted by Crippen LogP contribution is 2.37. The summed E-state index contributed by atoms with van der Waals surface area (Å²) >= 11 is 1.09. The van der Waals surface area contributed by atoms with Gasteiger partial charge in [0.1, 0.15) is 15.7 Å². The summed E-state index contributed by atoms with van der Waals surface area (Å²) in [6, 6.07) is 5.21. The van der Waals surface area contributed by atoms with Gasteiger partial charge < -0.3 is 19.4 Å². The van der Waals surface area contributed by atoms with Crippen LogP contribution in [0.5, 0.6) is 0 Å². The molecule has 3 aromatic rings. The predicted molar refractivity (Wildman–Crippen MR) is 154 cm³/mol. The van der Waals surface area contributed by atoms with E-state index in [0.717, 1.165) is 30.8 Å². The van der Waals surface area contributed by atoms with Crippen molar-refractivity contribution in [1.29, 1.82) is 0 Å². The number of rotatable bonds is 10. The molecule has 1 atom stereocenters. The molecule has 0 spiro atoms. The molecule has 1 saturated heterocycles. The Kier molecular flexibility index (Phi) is 8.97. The quantitative estimate of drug-likeness (QED) is 0.184. The molecular weight excluding hydrogens is 535 g/mol. The molecule has 12 heteroatoms. The summed E-state index contributed by atoms with van der Waals surface area (Å²) in [6.45, 7) is 15.7. The van der Waals surface area contributed by atoms with E-state index < -0.39 is 20.2 Å². The first kappa shape index (κ1) is 29.0. The van der Waals surface area contributed by atoms with Crippen molar-refractivity contribution in [3.63, 3.8) is 0 Å². The number of nitrogens with one attached hydrogen (secondary N) is 1. The molecule has 0 aliphatic carbocycles. The van der Waals surface area contributed by atoms with Gasteiger partial charge in [-0.1, -0.05) is 20.8 Å². The van der Waals surface area contributed by atoms with E-state index in [9.17, 15) is 4.79 Å². The number of carbonyl (C=O) groups is 1. The normalized spacial score (nSPS) is 16.0. The van der Waals surface area contributed by atoms with E-state index in [2.05, 4.69) is 64.0 Å². The molecule has 1 N–H and O–H groups in total. The van der Waals surface area contributed by atoms with Crippen LogP contribution in [0.15, 0.2) is 30.6 Å². The van der Waals surface area contributed by atoms with Crippen LogP contribution in [0.25, 0.3) is 10.6 Å². The number of pyridine rings is 1. The lowest BCUT2D eigenvalue weighted by molar-refractivity contribution is 0.0530. The summed E-state index contributed by atoms with van der Waals surface area (Å²) in [5.74, 6) is 0.260. The van der Waals surface area contributed by atoms with E-state index in [1.54, 1.807) is 31.5 Å². The van der Waals surface area contributed by atoms with E-state index in [1.807, 2.05) is 6.07 Å². The number of nitrogens with zero attached hydrogens (tertiary/aromatic N) is 5. The third-order valence-corrected chi connectivity index (χ3v) is 12.9. The molecule has 1 aliphatic rings. The van der Waals surface area contributed by atoms with Gasteiger partial charge in [0.2, 0.25) is 11.9 Å². The van der Waals surface area contributed by atoms with E-state index in [-0.39, 0.29) is 23.8 Å². The number of thiazole rings is 1. The molecule has 4 heterocycles. The molecule has 0 amide bonds. The lowest BCUT2D eigenvalue weighted by Gasteiger charge is -2.37. The van der Waals surface area contributed by atoms with Crippen LogP contribution < -0.4 is 10.2 Å². The maximum Gasteiger partial charge on any atom is 0.350 e. The minimum absolute atomic E-state index is 0.167. The maximum absolute atomic E-state index is 15.3. The summed E-state index contributed by atoms with van der Waals surface area (Å²) < 4.78 is 26.9. The summed E-state index contributed by atoms with van der Waals surface area (Å²) in [5, 5.41) is 3.58. The molecule has 0 bridgehead atoms. The van der Waals surface area contributed by atoms with Crippen LogP contribution in [0, 0.1) is 11.9 Å². The van der Waals surface area contributed by atoms with Crippen molar-refractivity contribution in [3.8, 4) is 10.6 Å². The zero-order chi connectivity index (χ0) is 28.2. The lowest BCUT2D eigenvalue weighted by Crippen LogP contribution is -2.42. The topological polar surface area (TPSA) is 102 Å². The predicted octanol–water partition coefficient (Wildman–Crippen LogP) is 5.77. The molecule has 9 nitrogen and oxygen atoms in total. The minimum atomic E-state index is -1.81. The number of ether oxygens (including phenoxy) is 1. The van der Waals surface area contributed by atoms with Crippen molar-refractivity contribution >= 4 is 37.4 Å². The number of esters is 1. The van der Waals surface area contributed by atoms with Gasteiger partial charge in [-0.15, -0.1) is 11.3 Å². The van der Waals surface area contributed by atoms with Crippen LogP contribution in [0.2, 0.25) is 18.1 Å². The highest BCUT2D eigenvalue weighted by molar-refractivity contribution is 7.17. The van der Waals surface area contributed by atoms with Gasteiger partial charge in [-0.2, -0.15) is 4.39 Å². The Bertz CT molecular complexity index is 1280. The number of aromatic nitrogens is 4. The number of carbonyl (C=O) groups excluding carboxylic acids is 1. The maximum atomic E-state index is 15.3. The van der Waals surface area contributed by atoms with Gasteiger partial charge in [0.25, 0.3) is 0 Å². The molecule has 1 fully saturated rings. The van der Waals surface area contributed by atoms with E-state index >= 15 is 4.39 Å². The second kappa shape index (κ2) is 12.1. The largest absolute Gasteiger partial charge is 0.462 e. The van der Waals surface area contributed by atoms with Gasteiger partial charge in [-0.05, 0) is 49.7 Å². The van der Waals surface area contributed by atoms with Crippen molar-refractivity contribution in [2.24, 2.45) is 5.92 Å². The summed E-state index contributed by atoms with van der Waals surface area (Å²) in [7, 11) is -1.81. The van der Waals surface area contributed by atoms with Crippen molar-refractivity contribution in [1.82, 2.24) is 19.9 Å². The Labute approximate surface area is 234 Å². The number of anilines is 2. The third-order valence-electron chi connectivity index (χ3n) is 7.30.